The number of hydrogen-bond donors (Lipinski definition) is 0. The fourth-order valence-corrected chi connectivity index (χ4v) is 7.74. The average molecular weight is 552 g/mol. The van der Waals surface area contributed by atoms with Crippen molar-refractivity contribution in [2.45, 2.75) is 13.8 Å². The van der Waals surface area contributed by atoms with Crippen LogP contribution < -0.4 is 14.0 Å². The Morgan fingerprint density at radius 1 is 0.683 bits per heavy atom. The van der Waals surface area contributed by atoms with Gasteiger partial charge in [-0.15, -0.1) is 20.5 Å². The summed E-state index contributed by atoms with van der Waals surface area (Å²) in [7, 11) is 4.19. The molecule has 198 valence electrons. The van der Waals surface area contributed by atoms with E-state index in [0.29, 0.717) is 0 Å². The predicted octanol–water partition coefficient (Wildman–Crippen LogP) is 8.34. The zero-order valence-corrected chi connectivity index (χ0v) is 24.3. The highest BCUT2D eigenvalue weighted by molar-refractivity contribution is 7.26. The number of fused-ring (bicyclic) bond motifs is 9. The number of pyridine rings is 2. The number of hydrogen-bond acceptors (Lipinski definition) is 2. The second-order valence-electron chi connectivity index (χ2n) is 10.9. The van der Waals surface area contributed by atoms with Crippen molar-refractivity contribution in [3.05, 3.63) is 114 Å². The van der Waals surface area contributed by atoms with Gasteiger partial charge in [0.2, 0.25) is 5.69 Å². The van der Waals surface area contributed by atoms with E-state index in [1.807, 2.05) is 11.3 Å². The first kappa shape index (κ1) is 24.1. The van der Waals surface area contributed by atoms with Crippen LogP contribution in [0, 0.1) is 13.8 Å². The Hall–Kier alpha value is -4.74. The van der Waals surface area contributed by atoms with Gasteiger partial charge in [-0.25, -0.2) is 0 Å². The van der Waals surface area contributed by atoms with Crippen molar-refractivity contribution in [3.8, 4) is 22.9 Å². The summed E-state index contributed by atoms with van der Waals surface area (Å²) >= 11 is 1.86. The largest absolute Gasteiger partial charge is 0.405 e. The molecule has 4 nitrogen and oxygen atoms in total. The quantitative estimate of drug-likeness (QED) is 0.160. The van der Waals surface area contributed by atoms with Crippen LogP contribution in [0.1, 0.15) is 11.1 Å². The Morgan fingerprint density at radius 3 is 2.29 bits per heavy atom. The first-order valence-corrected chi connectivity index (χ1v) is 14.7. The third-order valence-electron chi connectivity index (χ3n) is 8.49. The molecule has 5 heteroatoms. The normalized spacial score (nSPS) is 11.9. The maximum Gasteiger partial charge on any atom is 0.373 e. The second kappa shape index (κ2) is 8.88. The summed E-state index contributed by atoms with van der Waals surface area (Å²) < 4.78 is 16.0. The SMILES string of the molecule is Cc1ccc2c(sc3ccccc32)c1-c1cccc(Oc2ccc3c4ccccc4c4cc[n+](C)n4c3c2C)[n+]1C. The predicted molar refractivity (Wildman–Crippen MR) is 169 cm³/mol. The van der Waals surface area contributed by atoms with Crippen LogP contribution >= 0.6 is 11.3 Å². The first-order chi connectivity index (χ1) is 20.0. The van der Waals surface area contributed by atoms with E-state index in [9.17, 15) is 0 Å². The Morgan fingerprint density at radius 2 is 1.44 bits per heavy atom. The molecule has 0 atom stereocenters. The lowest BCUT2D eigenvalue weighted by Crippen LogP contribution is -2.34. The van der Waals surface area contributed by atoms with Crippen LogP contribution in [0.3, 0.4) is 0 Å². The molecule has 0 bridgehead atoms. The fourth-order valence-electron chi connectivity index (χ4n) is 6.43. The zero-order valence-electron chi connectivity index (χ0n) is 23.5. The summed E-state index contributed by atoms with van der Waals surface area (Å²) in [5.74, 6) is 1.66. The van der Waals surface area contributed by atoms with Crippen LogP contribution in [-0.2, 0) is 14.1 Å². The number of rotatable bonds is 3. The van der Waals surface area contributed by atoms with E-state index in [0.717, 1.165) is 28.4 Å². The molecule has 8 rings (SSSR count). The Bertz CT molecular complexity index is 2340. The molecule has 0 radical (unpaired) electrons. The maximum absolute atomic E-state index is 6.74. The molecular weight excluding hydrogens is 522 g/mol. The molecule has 0 amide bonds. The number of benzene rings is 4. The molecule has 8 aromatic rings. The Balaban J connectivity index is 1.31. The van der Waals surface area contributed by atoms with Crippen molar-refractivity contribution >= 4 is 58.7 Å². The van der Waals surface area contributed by atoms with Gasteiger partial charge < -0.3 is 4.74 Å². The molecule has 4 aromatic heterocycles. The van der Waals surface area contributed by atoms with Crippen LogP contribution in [-0.4, -0.2) is 4.52 Å². The molecule has 0 aliphatic rings. The highest BCUT2D eigenvalue weighted by Gasteiger charge is 2.24. The molecule has 4 aromatic carbocycles. The average Bonchev–Trinajstić information content (AvgIpc) is 3.56. The van der Waals surface area contributed by atoms with Crippen molar-refractivity contribution in [1.82, 2.24) is 4.52 Å². The number of aromatic nitrogens is 3. The molecule has 0 N–H and O–H groups in total. The van der Waals surface area contributed by atoms with Crippen molar-refractivity contribution < 1.29 is 14.0 Å². The maximum atomic E-state index is 6.74. The second-order valence-corrected chi connectivity index (χ2v) is 11.9. The van der Waals surface area contributed by atoms with Gasteiger partial charge in [-0.05, 0) is 49.1 Å². The van der Waals surface area contributed by atoms with Gasteiger partial charge in [0, 0.05) is 48.6 Å². The van der Waals surface area contributed by atoms with Gasteiger partial charge in [0.05, 0.1) is 11.6 Å². The number of nitrogens with zero attached hydrogens (tertiary/aromatic N) is 3. The third-order valence-corrected chi connectivity index (χ3v) is 9.69. The van der Waals surface area contributed by atoms with Gasteiger partial charge in [0.15, 0.2) is 13.2 Å². The molecule has 0 saturated heterocycles. The lowest BCUT2D eigenvalue weighted by atomic mass is 10.0. The Kier molecular flexibility index (Phi) is 5.22. The lowest BCUT2D eigenvalue weighted by Gasteiger charge is -2.13. The van der Waals surface area contributed by atoms with E-state index < -0.39 is 0 Å². The van der Waals surface area contributed by atoms with Crippen molar-refractivity contribution in [2.24, 2.45) is 14.1 Å². The number of thiophene rings is 1. The fraction of sp³-hybridized carbons (Fsp3) is 0.111. The summed E-state index contributed by atoms with van der Waals surface area (Å²) in [6.45, 7) is 4.37. The van der Waals surface area contributed by atoms with E-state index in [1.165, 1.54) is 53.0 Å². The minimum Gasteiger partial charge on any atom is -0.405 e. The molecule has 0 fully saturated rings. The van der Waals surface area contributed by atoms with Gasteiger partial charge in [-0.1, -0.05) is 54.6 Å². The van der Waals surface area contributed by atoms with Gasteiger partial charge in [0.25, 0.3) is 0 Å². The van der Waals surface area contributed by atoms with Crippen LogP contribution in [0.4, 0.5) is 0 Å². The molecule has 0 aliphatic carbocycles. The van der Waals surface area contributed by atoms with E-state index in [4.69, 9.17) is 4.74 Å². The third kappa shape index (κ3) is 3.45. The smallest absolute Gasteiger partial charge is 0.373 e. The molecule has 4 heterocycles. The highest BCUT2D eigenvalue weighted by Crippen LogP contribution is 2.41. The van der Waals surface area contributed by atoms with E-state index >= 15 is 0 Å². The summed E-state index contributed by atoms with van der Waals surface area (Å²) in [4.78, 5) is 0. The van der Waals surface area contributed by atoms with Crippen LogP contribution in [0.2, 0.25) is 0 Å². The minimum atomic E-state index is 0.802. The molecule has 0 aliphatic heterocycles. The number of aryl methyl sites for hydroxylation is 3. The molecule has 0 saturated carbocycles. The molecule has 41 heavy (non-hydrogen) atoms. The molecule has 0 unspecified atom stereocenters. The van der Waals surface area contributed by atoms with Gasteiger partial charge in [-0.2, -0.15) is 4.57 Å². The van der Waals surface area contributed by atoms with Gasteiger partial charge in [-0.3, -0.25) is 0 Å². The summed E-state index contributed by atoms with van der Waals surface area (Å²) in [6, 6.07) is 34.7. The lowest BCUT2D eigenvalue weighted by molar-refractivity contribution is -0.735. The van der Waals surface area contributed by atoms with Crippen molar-refractivity contribution in [3.63, 3.8) is 0 Å². The Labute approximate surface area is 241 Å². The summed E-state index contributed by atoms with van der Waals surface area (Å²) in [6.07, 6.45) is 2.12. The molecular formula is C36H29N3OS+2. The highest BCUT2D eigenvalue weighted by atomic mass is 32.1. The van der Waals surface area contributed by atoms with E-state index in [1.54, 1.807) is 0 Å². The van der Waals surface area contributed by atoms with Crippen molar-refractivity contribution in [1.29, 1.82) is 0 Å². The summed E-state index contributed by atoms with van der Waals surface area (Å²) in [5.41, 5.74) is 7.12. The zero-order chi connectivity index (χ0) is 27.8. The van der Waals surface area contributed by atoms with Gasteiger partial charge in [0.1, 0.15) is 23.8 Å². The van der Waals surface area contributed by atoms with Gasteiger partial charge >= 0.3 is 5.88 Å². The van der Waals surface area contributed by atoms with E-state index in [2.05, 4.69) is 145 Å². The van der Waals surface area contributed by atoms with E-state index in [-0.39, 0.29) is 0 Å². The first-order valence-electron chi connectivity index (χ1n) is 13.9. The minimum absolute atomic E-state index is 0.802. The monoisotopic (exact) mass is 551 g/mol. The standard InChI is InChI=1S/C36H29N3OS/c1-22-16-17-28-26-12-7-8-14-32(26)41-36(28)34(22)30-13-9-15-33(38(30)4)40-31-19-18-27-24-10-5-6-11-25(24)29-20-21-37(3)39(29)35(27)23(31)2/h5-21H,1-4H3/q+2. The van der Waals surface area contributed by atoms with Crippen molar-refractivity contribution in [2.75, 3.05) is 0 Å². The summed E-state index contributed by atoms with van der Waals surface area (Å²) in [5, 5.41) is 6.34. The van der Waals surface area contributed by atoms with Crippen LogP contribution in [0.25, 0.3) is 58.6 Å². The molecule has 0 spiro atoms. The van der Waals surface area contributed by atoms with Crippen LogP contribution in [0.15, 0.2) is 103 Å². The topological polar surface area (TPSA) is 21.4 Å². The van der Waals surface area contributed by atoms with Crippen LogP contribution in [0.5, 0.6) is 11.6 Å². The number of ether oxygens (including phenoxy) is 1.